The van der Waals surface area contributed by atoms with Crippen molar-refractivity contribution in [3.8, 4) is 0 Å². The summed E-state index contributed by atoms with van der Waals surface area (Å²) in [6.45, 7) is 1.60. The fourth-order valence-electron chi connectivity index (χ4n) is 0.0393. The Labute approximate surface area is 58.8 Å². The van der Waals surface area contributed by atoms with Crippen molar-refractivity contribution in [2.45, 2.75) is 19.8 Å². The van der Waals surface area contributed by atoms with Crippen molar-refractivity contribution in [3.63, 3.8) is 0 Å². The minimum atomic E-state index is -0.745. The van der Waals surface area contributed by atoms with Gasteiger partial charge in [-0.15, -0.1) is 0 Å². The Balaban J connectivity index is 0. The Morgan fingerprint density at radius 3 is 1.70 bits per heavy atom. The highest BCUT2D eigenvalue weighted by molar-refractivity contribution is 5.72. The Morgan fingerprint density at radius 2 is 1.70 bits per heavy atom. The number of carboxylic acids is 1. The number of hydrogen-bond acceptors (Lipinski definition) is 3. The van der Waals surface area contributed by atoms with Crippen molar-refractivity contribution < 1.29 is 19.5 Å². The van der Waals surface area contributed by atoms with E-state index < -0.39 is 5.97 Å². The first kappa shape index (κ1) is 11.6. The lowest BCUT2D eigenvalue weighted by molar-refractivity contribution is -0.136. The molecule has 0 rings (SSSR count). The van der Waals surface area contributed by atoms with Gasteiger partial charge in [0.15, 0.2) is 0 Å². The first-order valence-corrected chi connectivity index (χ1v) is 2.78. The third kappa shape index (κ3) is 29.1. The minimum absolute atomic E-state index is 0.0278. The Morgan fingerprint density at radius 1 is 1.40 bits per heavy atom. The number of carboxylic acid groups (broad SMARTS) is 1. The van der Waals surface area contributed by atoms with Gasteiger partial charge in [-0.05, 0) is 0 Å². The molecule has 0 aromatic heterocycles. The zero-order chi connectivity index (χ0) is 8.41. The number of aliphatic carboxylic acids is 1. The molecule has 0 saturated carbocycles. The molecule has 0 aromatic rings. The molecule has 0 aliphatic carbocycles. The van der Waals surface area contributed by atoms with Crippen molar-refractivity contribution in [2.75, 3.05) is 0 Å². The van der Waals surface area contributed by atoms with Crippen LogP contribution in [-0.2, 0) is 14.4 Å². The molecule has 0 aromatic carbocycles. The fraction of sp³-hybridized carbons (Fsp3) is 0.500. The summed E-state index contributed by atoms with van der Waals surface area (Å²) >= 11 is 0. The molecule has 0 amide bonds. The average molecular weight is 146 g/mol. The van der Waals surface area contributed by atoms with Crippen LogP contribution in [0.1, 0.15) is 19.8 Å². The lowest BCUT2D eigenvalue weighted by Crippen LogP contribution is -1.86. The van der Waals surface area contributed by atoms with E-state index in [-0.39, 0.29) is 12.8 Å². The highest BCUT2D eigenvalue weighted by Gasteiger charge is 1.80. The molecule has 0 fully saturated rings. The highest BCUT2D eigenvalue weighted by Crippen LogP contribution is 1.67. The second-order valence-corrected chi connectivity index (χ2v) is 1.32. The van der Waals surface area contributed by atoms with Gasteiger partial charge in [0.1, 0.15) is 12.6 Å². The molecule has 0 radical (unpaired) electrons. The minimum Gasteiger partial charge on any atom is -0.481 e. The van der Waals surface area contributed by atoms with Crippen LogP contribution in [-0.4, -0.2) is 23.6 Å². The van der Waals surface area contributed by atoms with E-state index in [0.717, 1.165) is 0 Å². The maximum atomic E-state index is 9.37. The van der Waals surface area contributed by atoms with Crippen LogP contribution in [0.2, 0.25) is 0 Å². The van der Waals surface area contributed by atoms with Gasteiger partial charge in [0.05, 0.1) is 6.42 Å². The third-order valence-corrected chi connectivity index (χ3v) is 0.495. The molecule has 0 saturated heterocycles. The monoisotopic (exact) mass is 146 g/mol. The summed E-state index contributed by atoms with van der Waals surface area (Å²) < 4.78 is 0. The Kier molecular flexibility index (Phi) is 12.4. The van der Waals surface area contributed by atoms with E-state index in [4.69, 9.17) is 5.11 Å². The molecule has 0 unspecified atom stereocenters. The highest BCUT2D eigenvalue weighted by atomic mass is 16.4. The van der Waals surface area contributed by atoms with Crippen molar-refractivity contribution >= 4 is 18.5 Å². The maximum absolute atomic E-state index is 9.37. The largest absolute Gasteiger partial charge is 0.481 e. The van der Waals surface area contributed by atoms with Crippen LogP contribution in [0.3, 0.4) is 0 Å². The third-order valence-electron chi connectivity index (χ3n) is 0.495. The van der Waals surface area contributed by atoms with Crippen LogP contribution in [0.25, 0.3) is 0 Å². The average Bonchev–Trinajstić information content (AvgIpc) is 1.91. The van der Waals surface area contributed by atoms with E-state index in [1.165, 1.54) is 0 Å². The van der Waals surface area contributed by atoms with Gasteiger partial charge in [-0.2, -0.15) is 0 Å². The van der Waals surface area contributed by atoms with Gasteiger partial charge in [-0.3, -0.25) is 4.79 Å². The van der Waals surface area contributed by atoms with E-state index in [1.54, 1.807) is 6.92 Å². The molecule has 0 heterocycles. The molecular weight excluding hydrogens is 136 g/mol. The molecule has 0 atom stereocenters. The predicted octanol–water partition coefficient (Wildman–Crippen LogP) is 0.255. The summed E-state index contributed by atoms with van der Waals surface area (Å²) in [6, 6.07) is 0. The zero-order valence-corrected chi connectivity index (χ0v) is 5.74. The standard InChI is InChI=1S/C3H6O2.C3H4O2/c1-2-3(4)5;4-2-1-3-5/h2H2,1H3,(H,4,5);2-3H,1H2. The van der Waals surface area contributed by atoms with Gasteiger partial charge >= 0.3 is 5.97 Å². The molecule has 1 N–H and O–H groups in total. The predicted molar refractivity (Wildman–Crippen MR) is 34.7 cm³/mol. The molecule has 0 bridgehead atoms. The van der Waals surface area contributed by atoms with E-state index in [9.17, 15) is 14.4 Å². The molecule has 0 spiro atoms. The van der Waals surface area contributed by atoms with Crippen LogP contribution in [0, 0.1) is 0 Å². The van der Waals surface area contributed by atoms with Crippen LogP contribution < -0.4 is 0 Å². The van der Waals surface area contributed by atoms with Gasteiger partial charge in [0.2, 0.25) is 0 Å². The lowest BCUT2D eigenvalue weighted by atomic mass is 10.5. The molecule has 4 nitrogen and oxygen atoms in total. The summed E-state index contributed by atoms with van der Waals surface area (Å²) in [7, 11) is 0. The van der Waals surface area contributed by atoms with E-state index in [1.807, 2.05) is 0 Å². The lowest BCUT2D eigenvalue weighted by Gasteiger charge is -1.71. The first-order chi connectivity index (χ1) is 4.68. The number of rotatable bonds is 3. The van der Waals surface area contributed by atoms with Crippen LogP contribution in [0.15, 0.2) is 0 Å². The van der Waals surface area contributed by atoms with E-state index in [2.05, 4.69) is 0 Å². The van der Waals surface area contributed by atoms with Gasteiger partial charge in [0.25, 0.3) is 0 Å². The number of carbonyl (C=O) groups excluding carboxylic acids is 2. The van der Waals surface area contributed by atoms with E-state index in [0.29, 0.717) is 12.6 Å². The zero-order valence-electron chi connectivity index (χ0n) is 5.74. The number of carbonyl (C=O) groups is 3. The van der Waals surface area contributed by atoms with Gasteiger partial charge in [-0.25, -0.2) is 0 Å². The van der Waals surface area contributed by atoms with Crippen LogP contribution in [0.4, 0.5) is 0 Å². The van der Waals surface area contributed by atoms with E-state index >= 15 is 0 Å². The van der Waals surface area contributed by atoms with Crippen LogP contribution in [0.5, 0.6) is 0 Å². The molecule has 10 heavy (non-hydrogen) atoms. The van der Waals surface area contributed by atoms with Crippen molar-refractivity contribution in [1.82, 2.24) is 0 Å². The topological polar surface area (TPSA) is 71.4 Å². The van der Waals surface area contributed by atoms with Crippen molar-refractivity contribution in [2.24, 2.45) is 0 Å². The van der Waals surface area contributed by atoms with Gasteiger partial charge < -0.3 is 14.7 Å². The summed E-state index contributed by atoms with van der Waals surface area (Å²) in [5, 5.41) is 7.72. The SMILES string of the molecule is CCC(=O)O.O=CCC=O. The molecular formula is C6H10O4. The number of hydrogen-bond donors (Lipinski definition) is 1. The summed E-state index contributed by atoms with van der Waals surface area (Å²) in [5.41, 5.74) is 0. The van der Waals surface area contributed by atoms with Crippen molar-refractivity contribution in [3.05, 3.63) is 0 Å². The fourth-order valence-corrected chi connectivity index (χ4v) is 0.0393. The second kappa shape index (κ2) is 10.7. The molecule has 0 aliphatic heterocycles. The normalized spacial score (nSPS) is 6.90. The summed E-state index contributed by atoms with van der Waals surface area (Å²) in [4.78, 5) is 27.7. The van der Waals surface area contributed by atoms with Crippen LogP contribution >= 0.6 is 0 Å². The summed E-state index contributed by atoms with van der Waals surface area (Å²) in [5.74, 6) is -0.745. The Bertz CT molecular complexity index is 102. The molecule has 4 heteroatoms. The smallest absolute Gasteiger partial charge is 0.303 e. The van der Waals surface area contributed by atoms with Crippen molar-refractivity contribution in [1.29, 1.82) is 0 Å². The second-order valence-electron chi connectivity index (χ2n) is 1.32. The number of aldehydes is 2. The quantitative estimate of drug-likeness (QED) is 0.457. The van der Waals surface area contributed by atoms with Gasteiger partial charge in [0, 0.05) is 6.42 Å². The maximum Gasteiger partial charge on any atom is 0.303 e. The summed E-state index contributed by atoms with van der Waals surface area (Å²) in [6.07, 6.45) is 1.37. The van der Waals surface area contributed by atoms with Gasteiger partial charge in [-0.1, -0.05) is 6.92 Å². The Hall–Kier alpha value is -1.19. The molecule has 0 aliphatic rings. The first-order valence-electron chi connectivity index (χ1n) is 2.78. The molecule has 58 valence electrons.